The van der Waals surface area contributed by atoms with Gasteiger partial charge in [0.1, 0.15) is 4.88 Å². The van der Waals surface area contributed by atoms with Gasteiger partial charge < -0.3 is 10.5 Å². The molecule has 2 N–H and O–H groups in total. The van der Waals surface area contributed by atoms with Gasteiger partial charge in [-0.15, -0.1) is 11.3 Å². The standard InChI is InChI=1S/C14H15NO2S/c15-11-3-4-12-10(7-11)8-13(18-12)14(16)17-6-5-9-1-2-9/h3-4,7-9H,1-2,5-6,15H2. The molecule has 0 saturated heterocycles. The predicted octanol–water partition coefficient (Wildman–Crippen LogP) is 3.44. The molecule has 0 bridgehead atoms. The number of carbonyl (C=O) groups excluding carboxylic acids is 1. The Morgan fingerprint density at radius 1 is 1.39 bits per heavy atom. The summed E-state index contributed by atoms with van der Waals surface area (Å²) in [6, 6.07) is 7.53. The Kier molecular flexibility index (Phi) is 2.96. The van der Waals surface area contributed by atoms with E-state index in [0.717, 1.165) is 22.4 Å². The molecule has 0 spiro atoms. The predicted molar refractivity (Wildman–Crippen MR) is 73.9 cm³/mol. The number of ether oxygens (including phenoxy) is 1. The van der Waals surface area contributed by atoms with Gasteiger partial charge in [-0.2, -0.15) is 0 Å². The lowest BCUT2D eigenvalue weighted by Crippen LogP contribution is -2.04. The van der Waals surface area contributed by atoms with Crippen LogP contribution in [0.1, 0.15) is 28.9 Å². The van der Waals surface area contributed by atoms with Crippen LogP contribution in [0, 0.1) is 5.92 Å². The fourth-order valence-corrected chi connectivity index (χ4v) is 2.90. The van der Waals surface area contributed by atoms with Crippen molar-refractivity contribution in [1.29, 1.82) is 0 Å². The molecule has 18 heavy (non-hydrogen) atoms. The van der Waals surface area contributed by atoms with E-state index in [2.05, 4.69) is 0 Å². The molecule has 0 amide bonds. The van der Waals surface area contributed by atoms with Crippen molar-refractivity contribution in [2.24, 2.45) is 5.92 Å². The quantitative estimate of drug-likeness (QED) is 0.677. The van der Waals surface area contributed by atoms with Crippen LogP contribution in [0.25, 0.3) is 10.1 Å². The van der Waals surface area contributed by atoms with E-state index in [1.165, 1.54) is 24.2 Å². The van der Waals surface area contributed by atoms with Gasteiger partial charge in [-0.05, 0) is 42.0 Å². The van der Waals surface area contributed by atoms with Gasteiger partial charge in [0.15, 0.2) is 0 Å². The third-order valence-electron chi connectivity index (χ3n) is 3.20. The van der Waals surface area contributed by atoms with E-state index in [1.807, 2.05) is 24.3 Å². The molecule has 0 unspecified atom stereocenters. The highest BCUT2D eigenvalue weighted by Crippen LogP contribution is 2.32. The Morgan fingerprint density at radius 3 is 3.00 bits per heavy atom. The van der Waals surface area contributed by atoms with Crippen molar-refractivity contribution in [2.75, 3.05) is 12.3 Å². The van der Waals surface area contributed by atoms with Crippen LogP contribution in [0.3, 0.4) is 0 Å². The molecule has 2 aromatic rings. The van der Waals surface area contributed by atoms with E-state index in [-0.39, 0.29) is 5.97 Å². The monoisotopic (exact) mass is 261 g/mol. The lowest BCUT2D eigenvalue weighted by molar-refractivity contribution is 0.0501. The van der Waals surface area contributed by atoms with E-state index < -0.39 is 0 Å². The Morgan fingerprint density at radius 2 is 2.22 bits per heavy atom. The summed E-state index contributed by atoms with van der Waals surface area (Å²) >= 11 is 1.46. The molecular weight excluding hydrogens is 246 g/mol. The minimum atomic E-state index is -0.213. The molecule has 1 aromatic heterocycles. The highest BCUT2D eigenvalue weighted by atomic mass is 32.1. The second-order valence-corrected chi connectivity index (χ2v) is 5.86. The number of thiophene rings is 1. The molecule has 3 nitrogen and oxygen atoms in total. The summed E-state index contributed by atoms with van der Waals surface area (Å²) in [6.45, 7) is 0.542. The lowest BCUT2D eigenvalue weighted by Gasteiger charge is -2.01. The summed E-state index contributed by atoms with van der Waals surface area (Å²) in [7, 11) is 0. The SMILES string of the molecule is Nc1ccc2sc(C(=O)OCCC3CC3)cc2c1. The van der Waals surface area contributed by atoms with Crippen molar-refractivity contribution in [1.82, 2.24) is 0 Å². The summed E-state index contributed by atoms with van der Waals surface area (Å²) in [5.41, 5.74) is 6.43. The number of fused-ring (bicyclic) bond motifs is 1. The number of hydrogen-bond acceptors (Lipinski definition) is 4. The van der Waals surface area contributed by atoms with Crippen molar-refractivity contribution < 1.29 is 9.53 Å². The van der Waals surface area contributed by atoms with Gasteiger partial charge in [0.2, 0.25) is 0 Å². The number of anilines is 1. The summed E-state index contributed by atoms with van der Waals surface area (Å²) in [5.74, 6) is 0.579. The van der Waals surface area contributed by atoms with Crippen LogP contribution in [0.5, 0.6) is 0 Å². The highest BCUT2D eigenvalue weighted by molar-refractivity contribution is 7.20. The number of rotatable bonds is 4. The molecule has 4 heteroatoms. The normalized spacial score (nSPS) is 14.9. The van der Waals surface area contributed by atoms with Crippen LogP contribution in [0.2, 0.25) is 0 Å². The van der Waals surface area contributed by atoms with Gasteiger partial charge in [0, 0.05) is 10.4 Å². The molecule has 1 aliphatic carbocycles. The Balaban J connectivity index is 1.70. The number of carbonyl (C=O) groups is 1. The highest BCUT2D eigenvalue weighted by Gasteiger charge is 2.21. The fourth-order valence-electron chi connectivity index (χ4n) is 1.96. The van der Waals surface area contributed by atoms with Crippen molar-refractivity contribution in [3.05, 3.63) is 29.1 Å². The van der Waals surface area contributed by atoms with Crippen LogP contribution in [-0.2, 0) is 4.74 Å². The number of hydrogen-bond donors (Lipinski definition) is 1. The molecule has 94 valence electrons. The molecule has 3 rings (SSSR count). The Hall–Kier alpha value is -1.55. The average molecular weight is 261 g/mol. The van der Waals surface area contributed by atoms with Crippen molar-refractivity contribution >= 4 is 33.1 Å². The van der Waals surface area contributed by atoms with Crippen LogP contribution < -0.4 is 5.73 Å². The van der Waals surface area contributed by atoms with E-state index in [1.54, 1.807) is 0 Å². The van der Waals surface area contributed by atoms with E-state index in [0.29, 0.717) is 17.2 Å². The molecule has 1 heterocycles. The first kappa shape index (κ1) is 11.5. The van der Waals surface area contributed by atoms with Crippen LogP contribution in [0.4, 0.5) is 5.69 Å². The third-order valence-corrected chi connectivity index (χ3v) is 4.29. The smallest absolute Gasteiger partial charge is 0.348 e. The first-order valence-corrected chi connectivity index (χ1v) is 7.00. The molecule has 0 atom stereocenters. The van der Waals surface area contributed by atoms with E-state index >= 15 is 0 Å². The number of nitrogens with two attached hydrogens (primary N) is 1. The summed E-state index contributed by atoms with van der Waals surface area (Å²) in [4.78, 5) is 12.5. The van der Waals surface area contributed by atoms with Crippen LogP contribution >= 0.6 is 11.3 Å². The zero-order valence-electron chi connectivity index (χ0n) is 10.0. The summed E-state index contributed by atoms with van der Waals surface area (Å²) in [5, 5.41) is 1.01. The van der Waals surface area contributed by atoms with Gasteiger partial charge in [-0.3, -0.25) is 0 Å². The van der Waals surface area contributed by atoms with Crippen molar-refractivity contribution in [2.45, 2.75) is 19.3 Å². The maximum absolute atomic E-state index is 11.9. The van der Waals surface area contributed by atoms with Crippen LogP contribution in [0.15, 0.2) is 24.3 Å². The molecule has 1 aliphatic rings. The molecule has 0 aliphatic heterocycles. The zero-order valence-corrected chi connectivity index (χ0v) is 10.8. The molecule has 1 aromatic carbocycles. The topological polar surface area (TPSA) is 52.3 Å². The first-order chi connectivity index (χ1) is 8.72. The van der Waals surface area contributed by atoms with Gasteiger partial charge in [-0.1, -0.05) is 12.8 Å². The van der Waals surface area contributed by atoms with E-state index in [4.69, 9.17) is 10.5 Å². The number of benzene rings is 1. The second kappa shape index (κ2) is 4.61. The van der Waals surface area contributed by atoms with E-state index in [9.17, 15) is 4.79 Å². The van der Waals surface area contributed by atoms with Gasteiger partial charge in [0.05, 0.1) is 6.61 Å². The van der Waals surface area contributed by atoms with Crippen LogP contribution in [-0.4, -0.2) is 12.6 Å². The third kappa shape index (κ3) is 2.48. The zero-order chi connectivity index (χ0) is 12.5. The van der Waals surface area contributed by atoms with Gasteiger partial charge in [0.25, 0.3) is 0 Å². The minimum absolute atomic E-state index is 0.213. The Bertz CT molecular complexity index is 586. The number of nitrogen functional groups attached to an aromatic ring is 1. The average Bonchev–Trinajstić information content (AvgIpc) is 3.06. The Labute approximate surface area is 110 Å². The second-order valence-electron chi connectivity index (χ2n) is 4.78. The maximum atomic E-state index is 11.9. The van der Waals surface area contributed by atoms with Crippen molar-refractivity contribution in [3.63, 3.8) is 0 Å². The first-order valence-electron chi connectivity index (χ1n) is 6.18. The molecule has 0 radical (unpaired) electrons. The summed E-state index contributed by atoms with van der Waals surface area (Å²) < 4.78 is 6.35. The maximum Gasteiger partial charge on any atom is 0.348 e. The number of esters is 1. The minimum Gasteiger partial charge on any atom is -0.461 e. The van der Waals surface area contributed by atoms with Crippen molar-refractivity contribution in [3.8, 4) is 0 Å². The summed E-state index contributed by atoms with van der Waals surface area (Å²) in [6.07, 6.45) is 3.59. The fraction of sp³-hybridized carbons (Fsp3) is 0.357. The van der Waals surface area contributed by atoms with Gasteiger partial charge >= 0.3 is 5.97 Å². The lowest BCUT2D eigenvalue weighted by atomic mass is 10.2. The largest absolute Gasteiger partial charge is 0.461 e. The molecule has 1 saturated carbocycles. The molecular formula is C14H15NO2S. The molecule has 1 fully saturated rings. The van der Waals surface area contributed by atoms with Gasteiger partial charge in [-0.25, -0.2) is 4.79 Å².